The predicted molar refractivity (Wildman–Crippen MR) is 41.1 cm³/mol. The summed E-state index contributed by atoms with van der Waals surface area (Å²) < 4.78 is 36.1. The molecule has 1 unspecified atom stereocenters. The number of hydrogen-bond acceptors (Lipinski definition) is 3. The van der Waals surface area contributed by atoms with Gasteiger partial charge in [0.05, 0.1) is 18.1 Å². The molecule has 0 bridgehead atoms. The van der Waals surface area contributed by atoms with E-state index in [2.05, 4.69) is 9.97 Å². The van der Waals surface area contributed by atoms with E-state index in [0.717, 1.165) is 12.4 Å². The average molecular weight is 212 g/mol. The van der Waals surface area contributed by atoms with Crippen LogP contribution in [-0.4, -0.2) is 16.1 Å². The minimum atomic E-state index is -4.54. The highest BCUT2D eigenvalue weighted by atomic mass is 35.5. The zero-order chi connectivity index (χ0) is 10.1. The Hall–Kier alpha value is -1.04. The molecule has 2 N–H and O–H groups in total. The van der Waals surface area contributed by atoms with Crippen molar-refractivity contribution in [1.29, 1.82) is 0 Å². The molecular weight excluding hydrogens is 207 g/mol. The Morgan fingerprint density at radius 1 is 1.38 bits per heavy atom. The van der Waals surface area contributed by atoms with Crippen LogP contribution in [0.3, 0.4) is 0 Å². The van der Waals surface area contributed by atoms with Crippen LogP contribution in [0.4, 0.5) is 19.0 Å². The maximum absolute atomic E-state index is 12.0. The van der Waals surface area contributed by atoms with Gasteiger partial charge in [-0.3, -0.25) is 4.98 Å². The number of nitrogens with two attached hydrogens (primary N) is 1. The summed E-state index contributed by atoms with van der Waals surface area (Å²) in [5.74, 6) is -0.0904. The molecule has 0 saturated heterocycles. The fourth-order valence-corrected chi connectivity index (χ4v) is 0.792. The second-order valence-electron chi connectivity index (χ2n) is 2.27. The second kappa shape index (κ2) is 3.37. The molecule has 7 heteroatoms. The topological polar surface area (TPSA) is 51.8 Å². The molecule has 1 aromatic heterocycles. The summed E-state index contributed by atoms with van der Waals surface area (Å²) in [5.41, 5.74) is 4.75. The fourth-order valence-electron chi connectivity index (χ4n) is 0.687. The summed E-state index contributed by atoms with van der Waals surface area (Å²) in [5, 5.41) is -2.16. The number of anilines is 1. The lowest BCUT2D eigenvalue weighted by atomic mass is 10.3. The van der Waals surface area contributed by atoms with Crippen molar-refractivity contribution in [2.45, 2.75) is 11.6 Å². The molecule has 0 aliphatic heterocycles. The first-order valence-electron chi connectivity index (χ1n) is 3.19. The summed E-state index contributed by atoms with van der Waals surface area (Å²) in [6.45, 7) is 0. The van der Waals surface area contributed by atoms with Crippen LogP contribution in [0, 0.1) is 0 Å². The molecule has 1 heterocycles. The van der Waals surface area contributed by atoms with Crippen LogP contribution in [0.2, 0.25) is 0 Å². The van der Waals surface area contributed by atoms with Gasteiger partial charge < -0.3 is 5.73 Å². The first-order chi connectivity index (χ1) is 5.91. The minimum absolute atomic E-state index is 0.0904. The van der Waals surface area contributed by atoms with Gasteiger partial charge in [0.1, 0.15) is 5.82 Å². The van der Waals surface area contributed by atoms with Crippen molar-refractivity contribution in [3.63, 3.8) is 0 Å². The van der Waals surface area contributed by atoms with Gasteiger partial charge in [-0.1, -0.05) is 0 Å². The Balaban J connectivity index is 2.96. The van der Waals surface area contributed by atoms with E-state index in [4.69, 9.17) is 17.3 Å². The number of nitrogens with zero attached hydrogens (tertiary/aromatic N) is 2. The van der Waals surface area contributed by atoms with Crippen molar-refractivity contribution in [2.75, 3.05) is 5.73 Å². The Labute approximate surface area is 76.7 Å². The summed E-state index contributed by atoms with van der Waals surface area (Å²) in [4.78, 5) is 6.85. The maximum atomic E-state index is 12.0. The van der Waals surface area contributed by atoms with Crippen LogP contribution in [-0.2, 0) is 0 Å². The van der Waals surface area contributed by atoms with E-state index < -0.39 is 17.2 Å². The first-order valence-corrected chi connectivity index (χ1v) is 3.63. The van der Waals surface area contributed by atoms with Gasteiger partial charge in [0.15, 0.2) is 5.38 Å². The highest BCUT2D eigenvalue weighted by molar-refractivity contribution is 6.21. The van der Waals surface area contributed by atoms with Gasteiger partial charge in [-0.05, 0) is 0 Å². The third kappa shape index (κ3) is 2.45. The molecule has 1 rings (SSSR count). The van der Waals surface area contributed by atoms with Crippen molar-refractivity contribution < 1.29 is 13.2 Å². The number of hydrogen-bond donors (Lipinski definition) is 1. The summed E-state index contributed by atoms with van der Waals surface area (Å²) >= 11 is 5.07. The number of halogens is 4. The lowest BCUT2D eigenvalue weighted by Gasteiger charge is -2.12. The van der Waals surface area contributed by atoms with Gasteiger partial charge in [-0.2, -0.15) is 13.2 Å². The van der Waals surface area contributed by atoms with E-state index in [1.165, 1.54) is 0 Å². The van der Waals surface area contributed by atoms with Gasteiger partial charge in [-0.15, -0.1) is 11.6 Å². The zero-order valence-electron chi connectivity index (χ0n) is 6.22. The Morgan fingerprint density at radius 3 is 2.46 bits per heavy atom. The normalized spacial score (nSPS) is 14.2. The first kappa shape index (κ1) is 10.0. The van der Waals surface area contributed by atoms with E-state index in [1.54, 1.807) is 0 Å². The third-order valence-corrected chi connectivity index (χ3v) is 1.69. The Bertz CT molecular complexity index is 301. The van der Waals surface area contributed by atoms with Crippen molar-refractivity contribution in [3.05, 3.63) is 18.1 Å². The van der Waals surface area contributed by atoms with Crippen LogP contribution in [0.5, 0.6) is 0 Å². The molecular formula is C6H5ClF3N3. The summed E-state index contributed by atoms with van der Waals surface area (Å²) in [6.07, 6.45) is -2.46. The van der Waals surface area contributed by atoms with Gasteiger partial charge >= 0.3 is 6.18 Å². The molecule has 3 nitrogen and oxygen atoms in total. The number of nitrogen functional groups attached to an aromatic ring is 1. The zero-order valence-corrected chi connectivity index (χ0v) is 6.97. The number of rotatable bonds is 1. The number of aromatic nitrogens is 2. The van der Waals surface area contributed by atoms with Gasteiger partial charge in [0, 0.05) is 0 Å². The molecule has 1 aromatic rings. The average Bonchev–Trinajstić information content (AvgIpc) is 2.01. The van der Waals surface area contributed by atoms with Crippen LogP contribution in [0.25, 0.3) is 0 Å². The molecule has 0 fully saturated rings. The van der Waals surface area contributed by atoms with Crippen LogP contribution >= 0.6 is 11.6 Å². The lowest BCUT2D eigenvalue weighted by Crippen LogP contribution is -2.17. The van der Waals surface area contributed by atoms with Crippen LogP contribution in [0.1, 0.15) is 11.1 Å². The SMILES string of the molecule is Nc1cncc(C(Cl)C(F)(F)F)n1. The van der Waals surface area contributed by atoms with Crippen LogP contribution in [0.15, 0.2) is 12.4 Å². The highest BCUT2D eigenvalue weighted by Gasteiger charge is 2.40. The quantitative estimate of drug-likeness (QED) is 0.722. The maximum Gasteiger partial charge on any atom is 0.410 e. The molecule has 72 valence electrons. The molecule has 1 atom stereocenters. The summed E-state index contributed by atoms with van der Waals surface area (Å²) in [7, 11) is 0. The molecule has 0 saturated carbocycles. The van der Waals surface area contributed by atoms with E-state index in [0.29, 0.717) is 0 Å². The molecule has 0 amide bonds. The molecule has 13 heavy (non-hydrogen) atoms. The van der Waals surface area contributed by atoms with E-state index in [1.807, 2.05) is 0 Å². The standard InChI is InChI=1S/C6H5ClF3N3/c7-5(6(8,9)10)3-1-12-2-4(11)13-3/h1-2,5H,(H2,11,13). The smallest absolute Gasteiger partial charge is 0.382 e. The lowest BCUT2D eigenvalue weighted by molar-refractivity contribution is -0.132. The van der Waals surface area contributed by atoms with Crippen molar-refractivity contribution in [3.8, 4) is 0 Å². The van der Waals surface area contributed by atoms with Crippen LogP contribution < -0.4 is 5.73 Å². The minimum Gasteiger partial charge on any atom is -0.382 e. The summed E-state index contributed by atoms with van der Waals surface area (Å²) in [6, 6.07) is 0. The van der Waals surface area contributed by atoms with Gasteiger partial charge in [0.2, 0.25) is 0 Å². The molecule has 0 aliphatic rings. The third-order valence-electron chi connectivity index (χ3n) is 1.22. The fraction of sp³-hybridized carbons (Fsp3) is 0.333. The van der Waals surface area contributed by atoms with Crippen molar-refractivity contribution in [2.24, 2.45) is 0 Å². The van der Waals surface area contributed by atoms with E-state index in [-0.39, 0.29) is 5.82 Å². The largest absolute Gasteiger partial charge is 0.410 e. The Kier molecular flexibility index (Phi) is 2.60. The van der Waals surface area contributed by atoms with Gasteiger partial charge in [-0.25, -0.2) is 4.98 Å². The second-order valence-corrected chi connectivity index (χ2v) is 2.71. The molecule has 0 radical (unpaired) electrons. The highest BCUT2D eigenvalue weighted by Crippen LogP contribution is 2.36. The van der Waals surface area contributed by atoms with Gasteiger partial charge in [0.25, 0.3) is 0 Å². The Morgan fingerprint density at radius 2 is 2.00 bits per heavy atom. The van der Waals surface area contributed by atoms with E-state index >= 15 is 0 Å². The predicted octanol–water partition coefficient (Wildman–Crippen LogP) is 1.90. The monoisotopic (exact) mass is 211 g/mol. The van der Waals surface area contributed by atoms with Crippen molar-refractivity contribution in [1.82, 2.24) is 9.97 Å². The number of alkyl halides is 4. The molecule has 0 aromatic carbocycles. The van der Waals surface area contributed by atoms with Crippen molar-refractivity contribution >= 4 is 17.4 Å². The molecule has 0 aliphatic carbocycles. The molecule has 0 spiro atoms. The van der Waals surface area contributed by atoms with E-state index in [9.17, 15) is 13.2 Å².